The standard InChI is InChI=1S/C23H22N2O7/c1-13(2)18-10-19-16(9-21(26)32-20(19)7-14(18)3)12-31-22(27)11-24-23(28)15-5-4-6-17(8-15)25(29)30/h4-10,13H,11-12H2,1-3H3,(H,24,28). The molecule has 0 aliphatic heterocycles. The van der Waals surface area contributed by atoms with Crippen molar-refractivity contribution in [1.82, 2.24) is 5.32 Å². The number of fused-ring (bicyclic) bond motifs is 1. The Hall–Kier alpha value is -4.01. The van der Waals surface area contributed by atoms with Crippen LogP contribution in [-0.2, 0) is 16.1 Å². The normalized spacial score (nSPS) is 10.9. The Morgan fingerprint density at radius 3 is 2.62 bits per heavy atom. The molecule has 0 aliphatic rings. The number of hydrogen-bond donors (Lipinski definition) is 1. The number of rotatable bonds is 7. The van der Waals surface area contributed by atoms with E-state index >= 15 is 0 Å². The second-order valence-electron chi connectivity index (χ2n) is 7.60. The average Bonchev–Trinajstić information content (AvgIpc) is 2.74. The highest BCUT2D eigenvalue weighted by Gasteiger charge is 2.15. The van der Waals surface area contributed by atoms with Crippen molar-refractivity contribution in [3.05, 3.63) is 85.3 Å². The molecule has 9 heteroatoms. The highest BCUT2D eigenvalue weighted by molar-refractivity contribution is 5.96. The lowest BCUT2D eigenvalue weighted by Gasteiger charge is -2.13. The minimum absolute atomic E-state index is 0.0512. The molecule has 2 aromatic carbocycles. The molecule has 0 saturated carbocycles. The van der Waals surface area contributed by atoms with Crippen molar-refractivity contribution in [3.63, 3.8) is 0 Å². The van der Waals surface area contributed by atoms with Crippen LogP contribution in [0.25, 0.3) is 11.0 Å². The van der Waals surface area contributed by atoms with E-state index in [1.807, 2.05) is 13.0 Å². The second kappa shape index (κ2) is 9.42. The van der Waals surface area contributed by atoms with E-state index in [0.717, 1.165) is 17.2 Å². The van der Waals surface area contributed by atoms with Crippen molar-refractivity contribution in [2.24, 2.45) is 0 Å². The van der Waals surface area contributed by atoms with Gasteiger partial charge in [-0.3, -0.25) is 19.7 Å². The number of nitrogens with one attached hydrogen (secondary N) is 1. The zero-order valence-corrected chi connectivity index (χ0v) is 17.8. The molecule has 0 spiro atoms. The quantitative estimate of drug-likeness (QED) is 0.258. The van der Waals surface area contributed by atoms with Gasteiger partial charge in [0.15, 0.2) is 0 Å². The third-order valence-corrected chi connectivity index (χ3v) is 4.94. The minimum atomic E-state index is -0.721. The number of esters is 1. The summed E-state index contributed by atoms with van der Waals surface area (Å²) in [4.78, 5) is 46.4. The third-order valence-electron chi connectivity index (χ3n) is 4.94. The SMILES string of the molecule is Cc1cc2oc(=O)cc(COC(=O)CNC(=O)c3cccc([N+](=O)[O-])c3)c2cc1C(C)C. The maximum absolute atomic E-state index is 12.2. The molecule has 0 saturated heterocycles. The predicted molar refractivity (Wildman–Crippen MR) is 117 cm³/mol. The molecule has 1 amide bonds. The molecule has 0 unspecified atom stereocenters. The molecule has 9 nitrogen and oxygen atoms in total. The fourth-order valence-electron chi connectivity index (χ4n) is 3.36. The van der Waals surface area contributed by atoms with Gasteiger partial charge in [0.25, 0.3) is 11.6 Å². The summed E-state index contributed by atoms with van der Waals surface area (Å²) in [6.07, 6.45) is 0. The number of aryl methyl sites for hydroxylation is 1. The van der Waals surface area contributed by atoms with Crippen molar-refractivity contribution < 1.29 is 23.7 Å². The summed E-state index contributed by atoms with van der Waals surface area (Å²) >= 11 is 0. The highest BCUT2D eigenvalue weighted by Crippen LogP contribution is 2.27. The number of carbonyl (C=O) groups is 2. The molecule has 1 N–H and O–H groups in total. The lowest BCUT2D eigenvalue weighted by molar-refractivity contribution is -0.384. The molecule has 1 aromatic heterocycles. The van der Waals surface area contributed by atoms with E-state index in [4.69, 9.17) is 9.15 Å². The summed E-state index contributed by atoms with van der Waals surface area (Å²) in [5.41, 5.74) is 2.25. The largest absolute Gasteiger partial charge is 0.459 e. The van der Waals surface area contributed by atoms with Crippen LogP contribution in [0.2, 0.25) is 0 Å². The van der Waals surface area contributed by atoms with Crippen LogP contribution in [0.1, 0.15) is 46.8 Å². The summed E-state index contributed by atoms with van der Waals surface area (Å²) in [6, 6.07) is 10.1. The van der Waals surface area contributed by atoms with Gasteiger partial charge in [0.2, 0.25) is 0 Å². The zero-order chi connectivity index (χ0) is 23.4. The Morgan fingerprint density at radius 2 is 1.94 bits per heavy atom. The molecule has 166 valence electrons. The smallest absolute Gasteiger partial charge is 0.336 e. The number of non-ortho nitro benzene ring substituents is 1. The molecule has 1 heterocycles. The number of carbonyl (C=O) groups excluding carboxylic acids is 2. The average molecular weight is 438 g/mol. The lowest BCUT2D eigenvalue weighted by atomic mass is 9.95. The molecule has 3 rings (SSSR count). The van der Waals surface area contributed by atoms with Gasteiger partial charge in [-0.15, -0.1) is 0 Å². The van der Waals surface area contributed by atoms with Crippen LogP contribution in [0.4, 0.5) is 5.69 Å². The molecule has 32 heavy (non-hydrogen) atoms. The first kappa shape index (κ1) is 22.7. The van der Waals surface area contributed by atoms with Crippen LogP contribution < -0.4 is 10.9 Å². The van der Waals surface area contributed by atoms with Crippen LogP contribution in [0, 0.1) is 17.0 Å². The number of nitro groups is 1. The number of hydrogen-bond acceptors (Lipinski definition) is 7. The third kappa shape index (κ3) is 5.18. The fourth-order valence-corrected chi connectivity index (χ4v) is 3.36. The summed E-state index contributed by atoms with van der Waals surface area (Å²) in [7, 11) is 0. The van der Waals surface area contributed by atoms with Gasteiger partial charge >= 0.3 is 11.6 Å². The van der Waals surface area contributed by atoms with E-state index in [1.54, 1.807) is 6.07 Å². The van der Waals surface area contributed by atoms with Crippen molar-refractivity contribution in [2.75, 3.05) is 6.54 Å². The van der Waals surface area contributed by atoms with E-state index in [-0.39, 0.29) is 23.8 Å². The molecule has 0 aliphatic carbocycles. The molecule has 3 aromatic rings. The Labute approximate surface area is 183 Å². The molecular weight excluding hydrogens is 416 g/mol. The van der Waals surface area contributed by atoms with Gasteiger partial charge in [0, 0.05) is 34.7 Å². The number of nitrogens with zero attached hydrogens (tertiary/aromatic N) is 1. The number of ether oxygens (including phenoxy) is 1. The van der Waals surface area contributed by atoms with E-state index in [2.05, 4.69) is 19.2 Å². The molecule has 0 radical (unpaired) electrons. The van der Waals surface area contributed by atoms with Crippen molar-refractivity contribution in [3.8, 4) is 0 Å². The summed E-state index contributed by atoms with van der Waals surface area (Å²) in [5, 5.41) is 13.9. The van der Waals surface area contributed by atoms with Gasteiger partial charge in [-0.25, -0.2) is 4.79 Å². The highest BCUT2D eigenvalue weighted by atomic mass is 16.6. The lowest BCUT2D eigenvalue weighted by Crippen LogP contribution is -2.30. The van der Waals surface area contributed by atoms with Crippen LogP contribution in [-0.4, -0.2) is 23.3 Å². The Kier molecular flexibility index (Phi) is 6.67. The van der Waals surface area contributed by atoms with Gasteiger partial charge in [-0.2, -0.15) is 0 Å². The van der Waals surface area contributed by atoms with E-state index in [0.29, 0.717) is 16.5 Å². The van der Waals surface area contributed by atoms with E-state index in [9.17, 15) is 24.5 Å². The summed E-state index contributed by atoms with van der Waals surface area (Å²) in [6.45, 7) is 5.44. The van der Waals surface area contributed by atoms with Crippen LogP contribution >= 0.6 is 0 Å². The number of benzene rings is 2. The second-order valence-corrected chi connectivity index (χ2v) is 7.60. The molecule has 0 bridgehead atoms. The predicted octanol–water partition coefficient (Wildman–Crippen LogP) is 3.61. The maximum Gasteiger partial charge on any atom is 0.336 e. The Bertz CT molecular complexity index is 1260. The monoisotopic (exact) mass is 438 g/mol. The zero-order valence-electron chi connectivity index (χ0n) is 17.8. The van der Waals surface area contributed by atoms with Crippen LogP contribution in [0.15, 0.2) is 51.7 Å². The van der Waals surface area contributed by atoms with Crippen molar-refractivity contribution in [2.45, 2.75) is 33.3 Å². The van der Waals surface area contributed by atoms with Crippen LogP contribution in [0.3, 0.4) is 0 Å². The molecule has 0 fully saturated rings. The Morgan fingerprint density at radius 1 is 1.19 bits per heavy atom. The van der Waals surface area contributed by atoms with Gasteiger partial charge in [0.1, 0.15) is 18.7 Å². The summed E-state index contributed by atoms with van der Waals surface area (Å²) in [5.74, 6) is -1.11. The molecular formula is C23H22N2O7. The van der Waals surface area contributed by atoms with E-state index in [1.165, 1.54) is 24.3 Å². The van der Waals surface area contributed by atoms with Gasteiger partial charge < -0.3 is 14.5 Å². The summed E-state index contributed by atoms with van der Waals surface area (Å²) < 4.78 is 10.5. The van der Waals surface area contributed by atoms with Crippen molar-refractivity contribution >= 4 is 28.5 Å². The van der Waals surface area contributed by atoms with Crippen molar-refractivity contribution in [1.29, 1.82) is 0 Å². The van der Waals surface area contributed by atoms with Gasteiger partial charge in [0.05, 0.1) is 4.92 Å². The topological polar surface area (TPSA) is 129 Å². The van der Waals surface area contributed by atoms with Gasteiger partial charge in [-0.1, -0.05) is 19.9 Å². The molecule has 0 atom stereocenters. The fraction of sp³-hybridized carbons (Fsp3) is 0.261. The maximum atomic E-state index is 12.2. The first-order valence-electron chi connectivity index (χ1n) is 9.91. The minimum Gasteiger partial charge on any atom is -0.459 e. The first-order valence-corrected chi connectivity index (χ1v) is 9.91. The number of nitro benzene ring substituents is 1. The van der Waals surface area contributed by atoms with Crippen LogP contribution in [0.5, 0.6) is 0 Å². The Balaban J connectivity index is 1.69. The van der Waals surface area contributed by atoms with E-state index < -0.39 is 29.0 Å². The number of amides is 1. The first-order chi connectivity index (χ1) is 15.2. The van der Waals surface area contributed by atoms with Gasteiger partial charge in [-0.05, 0) is 42.2 Å².